The maximum Gasteiger partial charge on any atom is 0.263 e. The van der Waals surface area contributed by atoms with Crippen molar-refractivity contribution < 1.29 is 14.3 Å². The zero-order chi connectivity index (χ0) is 17.8. The van der Waals surface area contributed by atoms with Crippen LogP contribution in [0.4, 0.5) is 0 Å². The van der Waals surface area contributed by atoms with Crippen molar-refractivity contribution in [2.45, 2.75) is 13.0 Å². The number of ether oxygens (including phenoxy) is 2. The van der Waals surface area contributed by atoms with Crippen LogP contribution in [0.2, 0.25) is 0 Å². The largest absolute Gasteiger partial charge is 0.497 e. The van der Waals surface area contributed by atoms with Crippen molar-refractivity contribution in [1.29, 1.82) is 0 Å². The van der Waals surface area contributed by atoms with Gasteiger partial charge in [-0.3, -0.25) is 4.79 Å². The maximum atomic E-state index is 12.6. The van der Waals surface area contributed by atoms with E-state index in [1.54, 1.807) is 14.0 Å². The Kier molecular flexibility index (Phi) is 5.43. The van der Waals surface area contributed by atoms with Crippen LogP contribution < -0.4 is 9.47 Å². The summed E-state index contributed by atoms with van der Waals surface area (Å²) in [5.41, 5.74) is 2.25. The molecule has 0 saturated carbocycles. The summed E-state index contributed by atoms with van der Waals surface area (Å²) in [4.78, 5) is 14.4. The highest BCUT2D eigenvalue weighted by Gasteiger charge is 2.26. The van der Waals surface area contributed by atoms with Crippen LogP contribution in [0.15, 0.2) is 59.1 Å². The highest BCUT2D eigenvalue weighted by molar-refractivity contribution is 9.10. The molecular weight excluding hydrogens is 382 g/mol. The van der Waals surface area contributed by atoms with Crippen molar-refractivity contribution >= 4 is 27.4 Å². The first-order valence-corrected chi connectivity index (χ1v) is 8.90. The predicted octanol–water partition coefficient (Wildman–Crippen LogP) is 4.15. The number of halogens is 1. The molecule has 1 heterocycles. The van der Waals surface area contributed by atoms with Gasteiger partial charge in [0.1, 0.15) is 11.5 Å². The third-order valence-corrected chi connectivity index (χ3v) is 4.69. The van der Waals surface area contributed by atoms with E-state index in [0.717, 1.165) is 21.4 Å². The van der Waals surface area contributed by atoms with Gasteiger partial charge < -0.3 is 14.4 Å². The Labute approximate surface area is 156 Å². The molecule has 130 valence electrons. The number of methoxy groups -OCH3 is 1. The number of hydrogen-bond acceptors (Lipinski definition) is 3. The summed E-state index contributed by atoms with van der Waals surface area (Å²) in [5.74, 6) is 1.50. The second kappa shape index (κ2) is 7.74. The Morgan fingerprint density at radius 2 is 1.72 bits per heavy atom. The van der Waals surface area contributed by atoms with Crippen molar-refractivity contribution in [1.82, 2.24) is 4.90 Å². The maximum absolute atomic E-state index is 12.6. The monoisotopic (exact) mass is 401 g/mol. The lowest BCUT2D eigenvalue weighted by molar-refractivity contribution is -0.136. The normalized spacial score (nSPS) is 14.8. The van der Waals surface area contributed by atoms with E-state index in [-0.39, 0.29) is 5.91 Å². The highest BCUT2D eigenvalue weighted by atomic mass is 79.9. The average molecular weight is 402 g/mol. The molecule has 2 aromatic carbocycles. The summed E-state index contributed by atoms with van der Waals surface area (Å²) in [5, 5.41) is 0. The number of benzene rings is 2. The van der Waals surface area contributed by atoms with E-state index in [9.17, 15) is 4.79 Å². The van der Waals surface area contributed by atoms with Gasteiger partial charge in [-0.15, -0.1) is 0 Å². The van der Waals surface area contributed by atoms with Crippen molar-refractivity contribution in [3.63, 3.8) is 0 Å². The molecule has 0 fully saturated rings. The predicted molar refractivity (Wildman–Crippen MR) is 102 cm³/mol. The molecule has 1 aliphatic rings. The Balaban J connectivity index is 1.59. The van der Waals surface area contributed by atoms with Crippen LogP contribution in [0, 0.1) is 0 Å². The van der Waals surface area contributed by atoms with Crippen LogP contribution in [-0.2, 0) is 4.79 Å². The lowest BCUT2D eigenvalue weighted by atomic mass is 10.1. The smallest absolute Gasteiger partial charge is 0.263 e. The van der Waals surface area contributed by atoms with E-state index in [4.69, 9.17) is 9.47 Å². The van der Waals surface area contributed by atoms with Gasteiger partial charge in [-0.05, 0) is 54.5 Å². The zero-order valence-electron chi connectivity index (χ0n) is 14.2. The molecule has 1 amide bonds. The minimum absolute atomic E-state index is 0.0114. The fourth-order valence-corrected chi connectivity index (χ4v) is 3.03. The molecular formula is C20H20BrNO3. The van der Waals surface area contributed by atoms with Crippen LogP contribution in [0.3, 0.4) is 0 Å². The second-order valence-corrected chi connectivity index (χ2v) is 6.81. The van der Waals surface area contributed by atoms with Gasteiger partial charge in [0.15, 0.2) is 6.10 Å². The zero-order valence-corrected chi connectivity index (χ0v) is 15.8. The van der Waals surface area contributed by atoms with Crippen molar-refractivity contribution in [3.8, 4) is 11.5 Å². The van der Waals surface area contributed by atoms with Crippen molar-refractivity contribution in [3.05, 3.63) is 64.6 Å². The molecule has 0 unspecified atom stereocenters. The first-order chi connectivity index (χ1) is 12.1. The van der Waals surface area contributed by atoms with Gasteiger partial charge in [0.05, 0.1) is 7.11 Å². The molecule has 1 atom stereocenters. The van der Waals surface area contributed by atoms with Crippen molar-refractivity contribution in [2.75, 3.05) is 20.2 Å². The molecule has 4 nitrogen and oxygen atoms in total. The van der Waals surface area contributed by atoms with Gasteiger partial charge in [0, 0.05) is 17.6 Å². The third-order valence-electron chi connectivity index (χ3n) is 4.17. The Hall–Kier alpha value is -2.27. The van der Waals surface area contributed by atoms with E-state index in [1.807, 2.05) is 53.4 Å². The Bertz CT molecular complexity index is 769. The first kappa shape index (κ1) is 17.5. The standard InChI is InChI=1S/C20H20BrNO3/c1-14(25-19-9-5-17(21)6-10-19)20(23)22-12-11-16(13-22)15-3-7-18(24-2)8-4-15/h3-11,14H,12-13H2,1-2H3/t14-/m0/s1. The van der Waals surface area contributed by atoms with Gasteiger partial charge in [-0.2, -0.15) is 0 Å². The van der Waals surface area contributed by atoms with Crippen LogP contribution in [0.1, 0.15) is 12.5 Å². The van der Waals surface area contributed by atoms with Gasteiger partial charge in [-0.1, -0.05) is 34.1 Å². The molecule has 25 heavy (non-hydrogen) atoms. The summed E-state index contributed by atoms with van der Waals surface area (Å²) in [6.07, 6.45) is 1.57. The van der Waals surface area contributed by atoms with Gasteiger partial charge in [0.2, 0.25) is 0 Å². The van der Waals surface area contributed by atoms with Crippen LogP contribution >= 0.6 is 15.9 Å². The number of nitrogens with zero attached hydrogens (tertiary/aromatic N) is 1. The third kappa shape index (κ3) is 4.23. The Morgan fingerprint density at radius 3 is 2.36 bits per heavy atom. The van der Waals surface area contributed by atoms with E-state index in [1.165, 1.54) is 0 Å². The van der Waals surface area contributed by atoms with E-state index in [0.29, 0.717) is 18.8 Å². The molecule has 0 saturated heterocycles. The van der Waals surface area contributed by atoms with Crippen molar-refractivity contribution in [2.24, 2.45) is 0 Å². The van der Waals surface area contributed by atoms with E-state index >= 15 is 0 Å². The first-order valence-electron chi connectivity index (χ1n) is 8.11. The summed E-state index contributed by atoms with van der Waals surface area (Å²) < 4.78 is 11.9. The highest BCUT2D eigenvalue weighted by Crippen LogP contribution is 2.24. The summed E-state index contributed by atoms with van der Waals surface area (Å²) in [6.45, 7) is 2.99. The fourth-order valence-electron chi connectivity index (χ4n) is 2.76. The molecule has 0 aliphatic carbocycles. The molecule has 1 aliphatic heterocycles. The van der Waals surface area contributed by atoms with E-state index in [2.05, 4.69) is 22.0 Å². The molecule has 3 rings (SSSR count). The van der Waals surface area contributed by atoms with Crippen LogP contribution in [0.25, 0.3) is 5.57 Å². The minimum atomic E-state index is -0.523. The van der Waals surface area contributed by atoms with Gasteiger partial charge in [0.25, 0.3) is 5.91 Å². The number of rotatable bonds is 5. The quantitative estimate of drug-likeness (QED) is 0.754. The molecule has 0 aromatic heterocycles. The number of carbonyl (C=O) groups is 1. The molecule has 0 radical (unpaired) electrons. The lowest BCUT2D eigenvalue weighted by Crippen LogP contribution is -2.39. The summed E-state index contributed by atoms with van der Waals surface area (Å²) in [6, 6.07) is 15.4. The van der Waals surface area contributed by atoms with Gasteiger partial charge in [-0.25, -0.2) is 0 Å². The van der Waals surface area contributed by atoms with Crippen LogP contribution in [0.5, 0.6) is 11.5 Å². The molecule has 5 heteroatoms. The number of amides is 1. The van der Waals surface area contributed by atoms with E-state index < -0.39 is 6.10 Å². The summed E-state index contributed by atoms with van der Waals surface area (Å²) in [7, 11) is 1.65. The molecule has 0 spiro atoms. The van der Waals surface area contributed by atoms with Gasteiger partial charge >= 0.3 is 0 Å². The Morgan fingerprint density at radius 1 is 1.08 bits per heavy atom. The number of carbonyl (C=O) groups excluding carboxylic acids is 1. The SMILES string of the molecule is COc1ccc(C2=CCN(C(=O)[C@H](C)Oc3ccc(Br)cc3)C2)cc1. The molecule has 0 N–H and O–H groups in total. The summed E-state index contributed by atoms with van der Waals surface area (Å²) >= 11 is 3.39. The minimum Gasteiger partial charge on any atom is -0.497 e. The lowest BCUT2D eigenvalue weighted by Gasteiger charge is -2.22. The van der Waals surface area contributed by atoms with Crippen LogP contribution in [-0.4, -0.2) is 37.1 Å². The molecule has 2 aromatic rings. The topological polar surface area (TPSA) is 38.8 Å². The second-order valence-electron chi connectivity index (χ2n) is 5.89. The number of hydrogen-bond donors (Lipinski definition) is 0. The molecule has 0 bridgehead atoms. The fraction of sp³-hybridized carbons (Fsp3) is 0.250. The average Bonchev–Trinajstić information content (AvgIpc) is 3.13.